The molecule has 0 unspecified atom stereocenters. The van der Waals surface area contributed by atoms with Crippen molar-refractivity contribution in [2.75, 3.05) is 13.6 Å². The van der Waals surface area contributed by atoms with Gasteiger partial charge >= 0.3 is 0 Å². The van der Waals surface area contributed by atoms with E-state index < -0.39 is 0 Å². The van der Waals surface area contributed by atoms with E-state index in [-0.39, 0.29) is 35.5 Å². The Hall–Kier alpha value is -2.69. The van der Waals surface area contributed by atoms with E-state index in [4.69, 9.17) is 0 Å². The molecule has 1 aliphatic carbocycles. The third kappa shape index (κ3) is 4.40. The SMILES string of the molecule is Cc1cc([C@H]2CC[C@@H](C(=O)N(C)Cc3ccccc3)CN2C(=O)C2CC2)ccc1F. The van der Waals surface area contributed by atoms with Crippen LogP contribution in [0.3, 0.4) is 0 Å². The first-order chi connectivity index (χ1) is 14.4. The molecule has 1 saturated heterocycles. The van der Waals surface area contributed by atoms with E-state index in [0.29, 0.717) is 18.7 Å². The Morgan fingerprint density at radius 3 is 2.40 bits per heavy atom. The Morgan fingerprint density at radius 2 is 1.73 bits per heavy atom. The van der Waals surface area contributed by atoms with E-state index in [1.807, 2.05) is 48.3 Å². The van der Waals surface area contributed by atoms with Crippen LogP contribution in [0.25, 0.3) is 0 Å². The minimum Gasteiger partial charge on any atom is -0.341 e. The predicted octanol–water partition coefficient (Wildman–Crippen LogP) is 4.48. The standard InChI is InChI=1S/C25H29FN2O2/c1-17-14-20(10-12-22(17)26)23-13-11-21(16-28(23)25(30)19-8-9-19)24(29)27(2)15-18-6-4-3-5-7-18/h3-7,10,12,14,19,21,23H,8-9,11,13,15-16H2,1-2H3/t21-,23-/m1/s1. The first-order valence-corrected chi connectivity index (χ1v) is 10.8. The van der Waals surface area contributed by atoms with Gasteiger partial charge in [-0.15, -0.1) is 0 Å². The normalized spacial score (nSPS) is 21.4. The molecule has 0 bridgehead atoms. The number of aryl methyl sites for hydroxylation is 1. The Balaban J connectivity index is 1.50. The molecule has 4 nitrogen and oxygen atoms in total. The van der Waals surface area contributed by atoms with Gasteiger partial charge in [-0.2, -0.15) is 0 Å². The largest absolute Gasteiger partial charge is 0.341 e. The van der Waals surface area contributed by atoms with Crippen LogP contribution in [0.1, 0.15) is 48.4 Å². The molecule has 1 saturated carbocycles. The number of nitrogens with zero attached hydrogens (tertiary/aromatic N) is 2. The van der Waals surface area contributed by atoms with Crippen LogP contribution in [-0.4, -0.2) is 35.2 Å². The minimum atomic E-state index is -0.231. The Labute approximate surface area is 177 Å². The third-order valence-electron chi connectivity index (χ3n) is 6.35. The fourth-order valence-electron chi connectivity index (χ4n) is 4.45. The first kappa shape index (κ1) is 20.6. The zero-order chi connectivity index (χ0) is 21.3. The van der Waals surface area contributed by atoms with Crippen LogP contribution in [0.15, 0.2) is 48.5 Å². The predicted molar refractivity (Wildman–Crippen MR) is 114 cm³/mol. The topological polar surface area (TPSA) is 40.6 Å². The van der Waals surface area contributed by atoms with Gasteiger partial charge in [-0.05, 0) is 55.4 Å². The molecule has 0 aromatic heterocycles. The number of amides is 2. The van der Waals surface area contributed by atoms with Gasteiger partial charge in [0, 0.05) is 26.1 Å². The van der Waals surface area contributed by atoms with Crippen LogP contribution in [0, 0.1) is 24.6 Å². The van der Waals surface area contributed by atoms with Crippen molar-refractivity contribution in [3.63, 3.8) is 0 Å². The molecule has 0 spiro atoms. The second-order valence-electron chi connectivity index (χ2n) is 8.74. The highest BCUT2D eigenvalue weighted by Crippen LogP contribution is 2.40. The molecule has 2 aromatic carbocycles. The number of carbonyl (C=O) groups is 2. The van der Waals surface area contributed by atoms with Gasteiger partial charge in [0.2, 0.25) is 11.8 Å². The van der Waals surface area contributed by atoms with Crippen molar-refractivity contribution in [2.24, 2.45) is 11.8 Å². The number of piperidine rings is 1. The van der Waals surface area contributed by atoms with Crippen LogP contribution >= 0.6 is 0 Å². The Bertz CT molecular complexity index is 926. The second kappa shape index (κ2) is 8.58. The van der Waals surface area contributed by atoms with Crippen molar-refractivity contribution in [3.8, 4) is 0 Å². The number of hydrogen-bond donors (Lipinski definition) is 0. The lowest BCUT2D eigenvalue weighted by Crippen LogP contribution is -2.47. The molecule has 30 heavy (non-hydrogen) atoms. The highest BCUT2D eigenvalue weighted by atomic mass is 19.1. The molecule has 2 aliphatic rings. The van der Waals surface area contributed by atoms with Gasteiger partial charge in [0.15, 0.2) is 0 Å². The summed E-state index contributed by atoms with van der Waals surface area (Å²) in [4.78, 5) is 29.8. The number of halogens is 1. The van der Waals surface area contributed by atoms with Crippen molar-refractivity contribution in [1.82, 2.24) is 9.80 Å². The summed E-state index contributed by atoms with van der Waals surface area (Å²) in [6, 6.07) is 15.0. The van der Waals surface area contributed by atoms with E-state index in [9.17, 15) is 14.0 Å². The summed E-state index contributed by atoms with van der Waals surface area (Å²) in [7, 11) is 1.83. The lowest BCUT2D eigenvalue weighted by atomic mass is 9.87. The fourth-order valence-corrected chi connectivity index (χ4v) is 4.45. The molecule has 2 aromatic rings. The van der Waals surface area contributed by atoms with E-state index in [1.165, 1.54) is 6.07 Å². The molecule has 2 amide bonds. The van der Waals surface area contributed by atoms with E-state index in [0.717, 1.165) is 36.8 Å². The minimum absolute atomic E-state index is 0.0825. The van der Waals surface area contributed by atoms with Crippen molar-refractivity contribution >= 4 is 11.8 Å². The van der Waals surface area contributed by atoms with Crippen LogP contribution < -0.4 is 0 Å². The summed E-state index contributed by atoms with van der Waals surface area (Å²) in [5, 5.41) is 0. The first-order valence-electron chi connectivity index (χ1n) is 10.8. The van der Waals surface area contributed by atoms with Gasteiger partial charge < -0.3 is 9.80 Å². The smallest absolute Gasteiger partial charge is 0.227 e. The molecule has 5 heteroatoms. The highest BCUT2D eigenvalue weighted by molar-refractivity contribution is 5.84. The number of hydrogen-bond acceptors (Lipinski definition) is 2. The second-order valence-corrected chi connectivity index (χ2v) is 8.74. The Morgan fingerprint density at radius 1 is 1.03 bits per heavy atom. The lowest BCUT2D eigenvalue weighted by Gasteiger charge is -2.40. The molecule has 4 rings (SSSR count). The molecule has 0 N–H and O–H groups in total. The van der Waals surface area contributed by atoms with Crippen LogP contribution in [-0.2, 0) is 16.1 Å². The molecular weight excluding hydrogens is 379 g/mol. The number of carbonyl (C=O) groups excluding carboxylic acids is 2. The van der Waals surface area contributed by atoms with Crippen LogP contribution in [0.4, 0.5) is 4.39 Å². The van der Waals surface area contributed by atoms with E-state index in [1.54, 1.807) is 17.9 Å². The molecule has 2 fully saturated rings. The molecular formula is C25H29FN2O2. The maximum atomic E-state index is 13.8. The van der Waals surface area contributed by atoms with Crippen LogP contribution in [0.2, 0.25) is 0 Å². The summed E-state index contributed by atoms with van der Waals surface area (Å²) in [6.07, 6.45) is 3.31. The van der Waals surface area contributed by atoms with Crippen molar-refractivity contribution in [1.29, 1.82) is 0 Å². The maximum Gasteiger partial charge on any atom is 0.227 e. The number of benzene rings is 2. The lowest BCUT2D eigenvalue weighted by molar-refractivity contribution is -0.143. The van der Waals surface area contributed by atoms with Crippen molar-refractivity contribution in [2.45, 2.75) is 45.2 Å². The fraction of sp³-hybridized carbons (Fsp3) is 0.440. The van der Waals surface area contributed by atoms with Crippen molar-refractivity contribution in [3.05, 3.63) is 71.0 Å². The average molecular weight is 409 g/mol. The van der Waals surface area contributed by atoms with Gasteiger partial charge in [0.05, 0.1) is 12.0 Å². The van der Waals surface area contributed by atoms with Gasteiger partial charge in [-0.25, -0.2) is 4.39 Å². The van der Waals surface area contributed by atoms with Gasteiger partial charge in [0.25, 0.3) is 0 Å². The zero-order valence-corrected chi connectivity index (χ0v) is 17.7. The van der Waals surface area contributed by atoms with Gasteiger partial charge in [-0.3, -0.25) is 9.59 Å². The number of likely N-dealkylation sites (tertiary alicyclic amines) is 1. The van der Waals surface area contributed by atoms with E-state index >= 15 is 0 Å². The molecule has 1 heterocycles. The molecule has 0 radical (unpaired) electrons. The van der Waals surface area contributed by atoms with Gasteiger partial charge in [-0.1, -0.05) is 42.5 Å². The molecule has 1 aliphatic heterocycles. The monoisotopic (exact) mass is 408 g/mol. The Kier molecular flexibility index (Phi) is 5.89. The average Bonchev–Trinajstić information content (AvgIpc) is 3.60. The summed E-state index contributed by atoms with van der Waals surface area (Å²) in [6.45, 7) is 2.75. The molecule has 158 valence electrons. The van der Waals surface area contributed by atoms with Crippen molar-refractivity contribution < 1.29 is 14.0 Å². The van der Waals surface area contributed by atoms with Gasteiger partial charge in [0.1, 0.15) is 5.82 Å². The summed E-state index contributed by atoms with van der Waals surface area (Å²) < 4.78 is 13.8. The number of rotatable bonds is 5. The summed E-state index contributed by atoms with van der Waals surface area (Å²) in [5.41, 5.74) is 2.65. The molecule has 2 atom stereocenters. The maximum absolute atomic E-state index is 13.8. The zero-order valence-electron chi connectivity index (χ0n) is 17.7. The third-order valence-corrected chi connectivity index (χ3v) is 6.35. The summed E-state index contributed by atoms with van der Waals surface area (Å²) in [5.74, 6) is -0.110. The van der Waals surface area contributed by atoms with Crippen LogP contribution in [0.5, 0.6) is 0 Å². The highest BCUT2D eigenvalue weighted by Gasteiger charge is 2.41. The quantitative estimate of drug-likeness (QED) is 0.732. The van der Waals surface area contributed by atoms with E-state index in [2.05, 4.69) is 0 Å². The summed E-state index contributed by atoms with van der Waals surface area (Å²) >= 11 is 0.